The standard InChI is InChI=1S/C23H35N5O3S/c1-17-18(2)28(19-6-4-3-5-7-19)23(21(17)14-24)25-22(29)15-26-9-11-27(12-10-26)20-8-13-32(30,31)16-20/h19-20H,3-13,15-16H2,1-2H3,(H,25,29)/t20-/m1/s1. The summed E-state index contributed by atoms with van der Waals surface area (Å²) in [7, 11) is -2.88. The van der Waals surface area contributed by atoms with E-state index in [9.17, 15) is 18.5 Å². The lowest BCUT2D eigenvalue weighted by molar-refractivity contribution is -0.117. The van der Waals surface area contributed by atoms with Crippen molar-refractivity contribution >= 4 is 21.6 Å². The molecule has 2 saturated heterocycles. The highest BCUT2D eigenvalue weighted by Crippen LogP contribution is 2.36. The number of carbonyl (C=O) groups is 1. The van der Waals surface area contributed by atoms with Crippen LogP contribution in [0.15, 0.2) is 0 Å². The van der Waals surface area contributed by atoms with Gasteiger partial charge in [-0.2, -0.15) is 5.26 Å². The Kier molecular flexibility index (Phi) is 6.94. The Morgan fingerprint density at radius 2 is 1.75 bits per heavy atom. The first-order valence-electron chi connectivity index (χ1n) is 11.9. The fourth-order valence-corrected chi connectivity index (χ4v) is 7.37. The molecule has 8 nitrogen and oxygen atoms in total. The summed E-state index contributed by atoms with van der Waals surface area (Å²) in [6, 6.07) is 2.77. The molecule has 1 aliphatic carbocycles. The molecule has 32 heavy (non-hydrogen) atoms. The van der Waals surface area contributed by atoms with E-state index >= 15 is 0 Å². The van der Waals surface area contributed by atoms with Gasteiger partial charge in [0.15, 0.2) is 9.84 Å². The lowest BCUT2D eigenvalue weighted by Crippen LogP contribution is -2.52. The third-order valence-electron chi connectivity index (χ3n) is 7.57. The summed E-state index contributed by atoms with van der Waals surface area (Å²) in [5.41, 5.74) is 2.60. The first-order valence-corrected chi connectivity index (χ1v) is 13.7. The predicted molar refractivity (Wildman–Crippen MR) is 124 cm³/mol. The summed E-state index contributed by atoms with van der Waals surface area (Å²) < 4.78 is 25.7. The fourth-order valence-electron chi connectivity index (χ4n) is 5.61. The quantitative estimate of drug-likeness (QED) is 0.722. The molecule has 1 saturated carbocycles. The second-order valence-electron chi connectivity index (χ2n) is 9.62. The van der Waals surface area contributed by atoms with Crippen molar-refractivity contribution in [1.82, 2.24) is 14.4 Å². The molecule has 4 rings (SSSR count). The molecular weight excluding hydrogens is 426 g/mol. The van der Waals surface area contributed by atoms with Crippen LogP contribution in [0.4, 0.5) is 5.82 Å². The van der Waals surface area contributed by atoms with Crippen LogP contribution in [0.2, 0.25) is 0 Å². The average molecular weight is 462 g/mol. The number of nitrogens with zero attached hydrogens (tertiary/aromatic N) is 4. The summed E-state index contributed by atoms with van der Waals surface area (Å²) in [4.78, 5) is 17.3. The first-order chi connectivity index (χ1) is 15.3. The Bertz CT molecular complexity index is 996. The van der Waals surface area contributed by atoms with E-state index in [0.29, 0.717) is 23.2 Å². The van der Waals surface area contributed by atoms with E-state index in [1.54, 1.807) is 0 Å². The SMILES string of the molecule is Cc1c(C#N)c(NC(=O)CN2CCN([C@@H]3CCS(=O)(=O)C3)CC2)n(C2CCCCC2)c1C. The number of rotatable bonds is 5. The summed E-state index contributed by atoms with van der Waals surface area (Å²) in [6.45, 7) is 7.36. The smallest absolute Gasteiger partial charge is 0.239 e. The topological polar surface area (TPSA) is 98.4 Å². The van der Waals surface area contributed by atoms with E-state index < -0.39 is 9.84 Å². The maximum Gasteiger partial charge on any atom is 0.239 e. The van der Waals surface area contributed by atoms with Crippen LogP contribution >= 0.6 is 0 Å². The average Bonchev–Trinajstić information content (AvgIpc) is 3.25. The zero-order valence-electron chi connectivity index (χ0n) is 19.3. The first kappa shape index (κ1) is 23.3. The molecule has 1 aromatic heterocycles. The summed E-state index contributed by atoms with van der Waals surface area (Å²) >= 11 is 0. The van der Waals surface area contributed by atoms with Crippen LogP contribution in [-0.2, 0) is 14.6 Å². The predicted octanol–water partition coefficient (Wildman–Crippen LogP) is 2.23. The van der Waals surface area contributed by atoms with Gasteiger partial charge in [0, 0.05) is 44.0 Å². The number of sulfone groups is 1. The lowest BCUT2D eigenvalue weighted by Gasteiger charge is -2.37. The number of piperazine rings is 1. The van der Waals surface area contributed by atoms with Crippen molar-refractivity contribution in [2.45, 2.75) is 64.5 Å². The number of amides is 1. The molecule has 0 aromatic carbocycles. The molecular formula is C23H35N5O3S. The largest absolute Gasteiger partial charge is 0.327 e. The molecule has 3 heterocycles. The number of carbonyl (C=O) groups excluding carboxylic acids is 1. The van der Waals surface area contributed by atoms with Crippen LogP contribution < -0.4 is 5.32 Å². The summed E-state index contributed by atoms with van der Waals surface area (Å²) in [5.74, 6) is 1.13. The molecule has 0 spiro atoms. The van der Waals surface area contributed by atoms with E-state index in [1.807, 2.05) is 13.8 Å². The molecule has 2 aliphatic heterocycles. The summed E-state index contributed by atoms with van der Waals surface area (Å²) in [6.07, 6.45) is 6.51. The van der Waals surface area contributed by atoms with Crippen molar-refractivity contribution in [1.29, 1.82) is 5.26 Å². The molecule has 0 unspecified atom stereocenters. The van der Waals surface area contributed by atoms with Gasteiger partial charge in [-0.15, -0.1) is 0 Å². The molecule has 0 bridgehead atoms. The highest BCUT2D eigenvalue weighted by Gasteiger charge is 2.34. The molecule has 0 radical (unpaired) electrons. The molecule has 176 valence electrons. The highest BCUT2D eigenvalue weighted by atomic mass is 32.2. The Morgan fingerprint density at radius 3 is 2.34 bits per heavy atom. The van der Waals surface area contributed by atoms with Crippen molar-refractivity contribution in [2.75, 3.05) is 49.5 Å². The Balaban J connectivity index is 1.38. The minimum atomic E-state index is -2.88. The van der Waals surface area contributed by atoms with Crippen LogP contribution in [0.3, 0.4) is 0 Å². The van der Waals surface area contributed by atoms with Gasteiger partial charge in [-0.25, -0.2) is 8.42 Å². The van der Waals surface area contributed by atoms with Crippen molar-refractivity contribution < 1.29 is 13.2 Å². The van der Waals surface area contributed by atoms with Crippen LogP contribution in [0.5, 0.6) is 0 Å². The number of anilines is 1. The highest BCUT2D eigenvalue weighted by molar-refractivity contribution is 7.91. The van der Waals surface area contributed by atoms with E-state index in [0.717, 1.165) is 56.7 Å². The van der Waals surface area contributed by atoms with Gasteiger partial charge < -0.3 is 9.88 Å². The molecule has 9 heteroatoms. The Morgan fingerprint density at radius 1 is 1.06 bits per heavy atom. The third kappa shape index (κ3) is 4.87. The normalized spacial score (nSPS) is 25.0. The minimum absolute atomic E-state index is 0.0899. The van der Waals surface area contributed by atoms with E-state index in [4.69, 9.17) is 0 Å². The van der Waals surface area contributed by atoms with Crippen molar-refractivity contribution in [2.24, 2.45) is 0 Å². The van der Waals surface area contributed by atoms with Crippen molar-refractivity contribution in [3.05, 3.63) is 16.8 Å². The van der Waals surface area contributed by atoms with Gasteiger partial charge in [-0.3, -0.25) is 14.6 Å². The third-order valence-corrected chi connectivity index (χ3v) is 9.32. The van der Waals surface area contributed by atoms with Gasteiger partial charge in [-0.05, 0) is 38.7 Å². The molecule has 3 fully saturated rings. The van der Waals surface area contributed by atoms with Gasteiger partial charge in [0.2, 0.25) is 5.91 Å². The number of nitriles is 1. The van der Waals surface area contributed by atoms with Crippen LogP contribution in [0.25, 0.3) is 0 Å². The van der Waals surface area contributed by atoms with Crippen LogP contribution in [0.1, 0.15) is 61.4 Å². The molecule has 1 aromatic rings. The zero-order chi connectivity index (χ0) is 22.9. The number of hydrogen-bond donors (Lipinski definition) is 1. The Labute approximate surface area is 191 Å². The fraction of sp³-hybridized carbons (Fsp3) is 0.739. The Hall–Kier alpha value is -1.89. The van der Waals surface area contributed by atoms with E-state index in [1.165, 1.54) is 19.3 Å². The molecule has 1 atom stereocenters. The van der Waals surface area contributed by atoms with Gasteiger partial charge in [-0.1, -0.05) is 19.3 Å². The number of hydrogen-bond acceptors (Lipinski definition) is 6. The summed E-state index contributed by atoms with van der Waals surface area (Å²) in [5, 5.41) is 12.8. The minimum Gasteiger partial charge on any atom is -0.327 e. The van der Waals surface area contributed by atoms with Gasteiger partial charge in [0.25, 0.3) is 0 Å². The molecule has 1 N–H and O–H groups in total. The van der Waals surface area contributed by atoms with Crippen molar-refractivity contribution in [3.63, 3.8) is 0 Å². The van der Waals surface area contributed by atoms with Crippen molar-refractivity contribution in [3.8, 4) is 6.07 Å². The van der Waals surface area contributed by atoms with E-state index in [-0.39, 0.29) is 24.2 Å². The monoisotopic (exact) mass is 461 g/mol. The molecule has 1 amide bonds. The number of aromatic nitrogens is 1. The molecule has 3 aliphatic rings. The number of nitrogens with one attached hydrogen (secondary N) is 1. The van der Waals surface area contributed by atoms with E-state index in [2.05, 4.69) is 25.8 Å². The van der Waals surface area contributed by atoms with Gasteiger partial charge in [0.1, 0.15) is 11.9 Å². The van der Waals surface area contributed by atoms with Gasteiger partial charge in [0.05, 0.1) is 23.6 Å². The maximum atomic E-state index is 13.0. The lowest BCUT2D eigenvalue weighted by atomic mass is 9.95. The second kappa shape index (κ2) is 9.54. The zero-order valence-corrected chi connectivity index (χ0v) is 20.1. The van der Waals surface area contributed by atoms with Gasteiger partial charge >= 0.3 is 0 Å². The van der Waals surface area contributed by atoms with Crippen LogP contribution in [0, 0.1) is 25.2 Å². The van der Waals surface area contributed by atoms with Crippen LogP contribution in [-0.4, -0.2) is 79.0 Å². The second-order valence-corrected chi connectivity index (χ2v) is 11.9. The maximum absolute atomic E-state index is 13.0.